The SMILES string of the molecule is Cc1nc(N[C@H](C)c2cccc(C(F)(F)CO)c2)c2cc(O[C@H]3CCN(C)C3)c3nncn3c2n1. The van der Waals surface area contributed by atoms with E-state index in [0.29, 0.717) is 39.6 Å². The number of aliphatic hydroxyl groups is 1. The average molecular weight is 484 g/mol. The molecule has 3 aromatic heterocycles. The van der Waals surface area contributed by atoms with Crippen molar-refractivity contribution >= 4 is 22.5 Å². The summed E-state index contributed by atoms with van der Waals surface area (Å²) in [6.07, 6.45) is 2.54. The van der Waals surface area contributed by atoms with Gasteiger partial charge in [-0.25, -0.2) is 9.97 Å². The number of pyridine rings is 1. The zero-order valence-corrected chi connectivity index (χ0v) is 19.7. The molecule has 4 heterocycles. The molecule has 0 unspecified atom stereocenters. The molecule has 0 bridgehead atoms. The molecule has 0 amide bonds. The monoisotopic (exact) mass is 483 g/mol. The summed E-state index contributed by atoms with van der Waals surface area (Å²) in [5.74, 6) is -1.64. The summed E-state index contributed by atoms with van der Waals surface area (Å²) >= 11 is 0. The fourth-order valence-corrected chi connectivity index (χ4v) is 4.42. The second-order valence-electron chi connectivity index (χ2n) is 9.03. The van der Waals surface area contributed by atoms with Gasteiger partial charge in [-0.2, -0.15) is 8.78 Å². The van der Waals surface area contributed by atoms with Gasteiger partial charge in [0.2, 0.25) is 5.65 Å². The minimum absolute atomic E-state index is 0.0376. The van der Waals surface area contributed by atoms with Gasteiger partial charge < -0.3 is 20.1 Å². The van der Waals surface area contributed by atoms with Crippen molar-refractivity contribution in [3.05, 3.63) is 53.6 Å². The number of hydrogen-bond acceptors (Lipinski definition) is 8. The minimum Gasteiger partial charge on any atom is -0.485 e. The largest absolute Gasteiger partial charge is 0.485 e. The van der Waals surface area contributed by atoms with Crippen molar-refractivity contribution in [2.24, 2.45) is 0 Å². The van der Waals surface area contributed by atoms with Gasteiger partial charge in [-0.15, -0.1) is 10.2 Å². The normalized spacial score (nSPS) is 17.8. The number of aryl methyl sites for hydroxylation is 1. The highest BCUT2D eigenvalue weighted by Gasteiger charge is 2.31. The molecule has 1 saturated heterocycles. The molecule has 9 nitrogen and oxygen atoms in total. The lowest BCUT2D eigenvalue weighted by molar-refractivity contribution is -0.0556. The number of hydrogen-bond donors (Lipinski definition) is 2. The molecule has 0 spiro atoms. The summed E-state index contributed by atoms with van der Waals surface area (Å²) in [6.45, 7) is 4.18. The molecule has 0 saturated carbocycles. The van der Waals surface area contributed by atoms with E-state index in [9.17, 15) is 8.78 Å². The van der Waals surface area contributed by atoms with E-state index in [2.05, 4.69) is 37.4 Å². The van der Waals surface area contributed by atoms with Crippen LogP contribution in [-0.2, 0) is 5.92 Å². The van der Waals surface area contributed by atoms with Crippen LogP contribution >= 0.6 is 0 Å². The third-order valence-electron chi connectivity index (χ3n) is 6.31. The molecule has 4 aromatic rings. The molecular weight excluding hydrogens is 456 g/mol. The second kappa shape index (κ2) is 8.97. The Morgan fingerprint density at radius 1 is 1.26 bits per heavy atom. The van der Waals surface area contributed by atoms with Gasteiger partial charge in [0.25, 0.3) is 5.92 Å². The Morgan fingerprint density at radius 3 is 2.83 bits per heavy atom. The van der Waals surface area contributed by atoms with Crippen molar-refractivity contribution in [2.75, 3.05) is 32.1 Å². The van der Waals surface area contributed by atoms with Gasteiger partial charge in [-0.3, -0.25) is 4.40 Å². The van der Waals surface area contributed by atoms with Crippen molar-refractivity contribution in [3.8, 4) is 5.75 Å². The third-order valence-corrected chi connectivity index (χ3v) is 6.31. The van der Waals surface area contributed by atoms with Crippen molar-refractivity contribution in [1.82, 2.24) is 29.5 Å². The van der Waals surface area contributed by atoms with E-state index in [1.165, 1.54) is 12.1 Å². The van der Waals surface area contributed by atoms with E-state index in [0.717, 1.165) is 19.5 Å². The summed E-state index contributed by atoms with van der Waals surface area (Å²) in [6, 6.07) is 7.53. The Bertz CT molecular complexity index is 1380. The van der Waals surface area contributed by atoms with Crippen LogP contribution in [-0.4, -0.2) is 67.4 Å². The Hall–Kier alpha value is -3.44. The van der Waals surface area contributed by atoms with Crippen LogP contribution in [0.4, 0.5) is 14.6 Å². The number of nitrogens with one attached hydrogen (secondary N) is 1. The number of anilines is 1. The summed E-state index contributed by atoms with van der Waals surface area (Å²) < 4.78 is 36.2. The molecule has 0 radical (unpaired) electrons. The molecule has 11 heteroatoms. The van der Waals surface area contributed by atoms with Crippen LogP contribution in [0.3, 0.4) is 0 Å². The highest BCUT2D eigenvalue weighted by Crippen LogP contribution is 2.33. The molecule has 2 N–H and O–H groups in total. The topological polar surface area (TPSA) is 101 Å². The number of benzene rings is 1. The first-order chi connectivity index (χ1) is 16.7. The highest BCUT2D eigenvalue weighted by molar-refractivity contribution is 5.91. The number of ether oxygens (including phenoxy) is 1. The molecule has 35 heavy (non-hydrogen) atoms. The first kappa shape index (κ1) is 23.3. The predicted octanol–water partition coefficient (Wildman–Crippen LogP) is 3.32. The zero-order chi connectivity index (χ0) is 24.7. The first-order valence-corrected chi connectivity index (χ1v) is 11.5. The molecule has 184 valence electrons. The molecule has 1 aliphatic heterocycles. The van der Waals surface area contributed by atoms with E-state index in [1.54, 1.807) is 29.8 Å². The first-order valence-electron chi connectivity index (χ1n) is 11.5. The molecule has 1 aliphatic rings. The maximum Gasteiger partial charge on any atom is 0.295 e. The zero-order valence-electron chi connectivity index (χ0n) is 19.7. The third kappa shape index (κ3) is 4.48. The van der Waals surface area contributed by atoms with Gasteiger partial charge in [0.15, 0.2) is 11.4 Å². The van der Waals surface area contributed by atoms with Gasteiger partial charge in [-0.1, -0.05) is 18.2 Å². The van der Waals surface area contributed by atoms with Crippen molar-refractivity contribution in [1.29, 1.82) is 0 Å². The summed E-state index contributed by atoms with van der Waals surface area (Å²) in [5, 5.41) is 21.4. The number of likely N-dealkylation sites (tertiary alicyclic amines) is 1. The van der Waals surface area contributed by atoms with Gasteiger partial charge in [0, 0.05) is 24.7 Å². The van der Waals surface area contributed by atoms with E-state index in [4.69, 9.17) is 9.84 Å². The van der Waals surface area contributed by atoms with Gasteiger partial charge in [0.05, 0.1) is 5.39 Å². The minimum atomic E-state index is -3.31. The fourth-order valence-electron chi connectivity index (χ4n) is 4.42. The fraction of sp³-hybridized carbons (Fsp3) is 0.417. The number of fused-ring (bicyclic) bond motifs is 3. The Kier molecular flexibility index (Phi) is 5.97. The molecule has 1 aromatic carbocycles. The average Bonchev–Trinajstić information content (AvgIpc) is 3.49. The van der Waals surface area contributed by atoms with E-state index in [1.807, 2.05) is 13.0 Å². The van der Waals surface area contributed by atoms with E-state index in [-0.39, 0.29) is 17.7 Å². The number of aromatic nitrogens is 5. The van der Waals surface area contributed by atoms with Crippen LogP contribution in [0.15, 0.2) is 36.7 Å². The lowest BCUT2D eigenvalue weighted by atomic mass is 10.0. The van der Waals surface area contributed by atoms with Crippen LogP contribution in [0.5, 0.6) is 5.75 Å². The molecular formula is C24H27F2N7O2. The Balaban J connectivity index is 1.54. The smallest absolute Gasteiger partial charge is 0.295 e. The standard InChI is InChI=1S/C24H27F2N7O2/c1-14(16-5-4-6-17(9-16)24(25,26)12-34)28-21-19-10-20(35-18-7-8-32(3)11-18)23-31-27-13-33(23)22(19)30-15(2)29-21/h4-6,9-10,13-14,18,34H,7-8,11-12H2,1-3H3,(H,28,29,30)/t14-,18+/m1/s1. The van der Waals surface area contributed by atoms with Crippen LogP contribution in [0, 0.1) is 6.92 Å². The van der Waals surface area contributed by atoms with E-state index >= 15 is 0 Å². The van der Waals surface area contributed by atoms with Crippen molar-refractivity contribution < 1.29 is 18.6 Å². The maximum atomic E-state index is 14.0. The van der Waals surface area contributed by atoms with Gasteiger partial charge >= 0.3 is 0 Å². The lowest BCUT2D eigenvalue weighted by Crippen LogP contribution is -2.21. The number of alkyl halides is 2. The van der Waals surface area contributed by atoms with Gasteiger partial charge in [-0.05, 0) is 45.0 Å². The van der Waals surface area contributed by atoms with Crippen molar-refractivity contribution in [2.45, 2.75) is 38.3 Å². The van der Waals surface area contributed by atoms with Crippen LogP contribution in [0.1, 0.15) is 36.3 Å². The predicted molar refractivity (Wildman–Crippen MR) is 127 cm³/mol. The number of nitrogens with zero attached hydrogens (tertiary/aromatic N) is 6. The van der Waals surface area contributed by atoms with Crippen LogP contribution in [0.2, 0.25) is 0 Å². The molecule has 2 atom stereocenters. The molecule has 1 fully saturated rings. The van der Waals surface area contributed by atoms with Crippen LogP contribution < -0.4 is 10.1 Å². The Labute approximate surface area is 200 Å². The van der Waals surface area contributed by atoms with Crippen molar-refractivity contribution in [3.63, 3.8) is 0 Å². The molecule has 0 aliphatic carbocycles. The van der Waals surface area contributed by atoms with Gasteiger partial charge in [0.1, 0.15) is 30.7 Å². The number of likely N-dealkylation sites (N-methyl/N-ethyl adjacent to an activating group) is 1. The van der Waals surface area contributed by atoms with E-state index < -0.39 is 12.5 Å². The van der Waals surface area contributed by atoms with Crippen LogP contribution in [0.25, 0.3) is 16.7 Å². The number of halogens is 2. The number of rotatable bonds is 7. The summed E-state index contributed by atoms with van der Waals surface area (Å²) in [5.41, 5.74) is 1.58. The second-order valence-corrected chi connectivity index (χ2v) is 9.03. The molecule has 5 rings (SSSR count). The Morgan fingerprint density at radius 2 is 2.09 bits per heavy atom. The quantitative estimate of drug-likeness (QED) is 0.413. The highest BCUT2D eigenvalue weighted by atomic mass is 19.3. The lowest BCUT2D eigenvalue weighted by Gasteiger charge is -2.20. The maximum absolute atomic E-state index is 14.0. The summed E-state index contributed by atoms with van der Waals surface area (Å²) in [7, 11) is 2.06. The summed E-state index contributed by atoms with van der Waals surface area (Å²) in [4.78, 5) is 11.4. The number of aliphatic hydroxyl groups excluding tert-OH is 1.